The lowest BCUT2D eigenvalue weighted by Crippen LogP contribution is -2.35. The second-order valence-electron chi connectivity index (χ2n) is 5.27. The van der Waals surface area contributed by atoms with Crippen molar-refractivity contribution in [2.75, 3.05) is 5.32 Å². The van der Waals surface area contributed by atoms with Gasteiger partial charge >= 0.3 is 6.18 Å². The summed E-state index contributed by atoms with van der Waals surface area (Å²) in [5, 5.41) is 3.14. The third-order valence-corrected chi connectivity index (χ3v) is 4.14. The first-order chi connectivity index (χ1) is 9.49. The van der Waals surface area contributed by atoms with E-state index in [2.05, 4.69) is 10.3 Å². The quantitative estimate of drug-likeness (QED) is 0.867. The minimum absolute atomic E-state index is 0.0724. The predicted molar refractivity (Wildman–Crippen MR) is 66.0 cm³/mol. The molecule has 2 bridgehead atoms. The second kappa shape index (κ2) is 4.64. The third kappa shape index (κ3) is 2.21. The molecule has 0 saturated carbocycles. The molecule has 1 amide bonds. The Morgan fingerprint density at radius 1 is 1.35 bits per heavy atom. The fourth-order valence-corrected chi connectivity index (χ4v) is 3.19. The van der Waals surface area contributed by atoms with Crippen molar-refractivity contribution in [3.8, 4) is 0 Å². The molecule has 20 heavy (non-hydrogen) atoms. The molecule has 3 rings (SSSR count). The number of nitrogens with one attached hydrogen (secondary N) is 1. The van der Waals surface area contributed by atoms with Crippen LogP contribution >= 0.6 is 0 Å². The van der Waals surface area contributed by atoms with E-state index in [-0.39, 0.29) is 18.1 Å². The normalized spacial score (nSPS) is 28.8. The number of nitrogens with zero attached hydrogens (tertiary/aromatic N) is 2. The maximum atomic E-state index is 12.4. The minimum Gasteiger partial charge on any atom is -0.365 e. The Kier molecular flexibility index (Phi) is 3.07. The van der Waals surface area contributed by atoms with Crippen molar-refractivity contribution in [3.63, 3.8) is 0 Å². The fraction of sp³-hybridized carbons (Fsp3) is 0.538. The highest BCUT2D eigenvalue weighted by atomic mass is 19.4. The number of anilines is 1. The first-order valence-electron chi connectivity index (χ1n) is 6.51. The molecule has 108 valence electrons. The molecule has 1 N–H and O–H groups in total. The molecule has 0 radical (unpaired) electrons. The van der Waals surface area contributed by atoms with Gasteiger partial charge in [-0.05, 0) is 31.4 Å². The van der Waals surface area contributed by atoms with Gasteiger partial charge in [0.1, 0.15) is 5.82 Å². The van der Waals surface area contributed by atoms with Gasteiger partial charge < -0.3 is 10.2 Å². The standard InChI is InChI=1S/C13H14F3N3O/c14-13(15,16)8-1-4-12(17-6-8)18-10-5-9-2-3-11(10)19(9)7-20/h1,4,6-7,9-11H,2-3,5H2,(H,17,18). The minimum atomic E-state index is -4.37. The zero-order valence-corrected chi connectivity index (χ0v) is 10.6. The lowest BCUT2D eigenvalue weighted by molar-refractivity contribution is -0.137. The molecule has 0 aromatic carbocycles. The van der Waals surface area contributed by atoms with Crippen LogP contribution in [0.25, 0.3) is 0 Å². The van der Waals surface area contributed by atoms with Crippen molar-refractivity contribution >= 4 is 12.2 Å². The number of aromatic nitrogens is 1. The molecule has 2 aliphatic rings. The summed E-state index contributed by atoms with van der Waals surface area (Å²) in [7, 11) is 0. The van der Waals surface area contributed by atoms with Crippen LogP contribution in [-0.4, -0.2) is 34.4 Å². The number of fused-ring (bicyclic) bond motifs is 2. The highest BCUT2D eigenvalue weighted by molar-refractivity contribution is 5.52. The number of hydrogen-bond acceptors (Lipinski definition) is 3. The summed E-state index contributed by atoms with van der Waals surface area (Å²) in [5.41, 5.74) is -0.759. The van der Waals surface area contributed by atoms with Gasteiger partial charge in [-0.25, -0.2) is 4.98 Å². The molecule has 3 atom stereocenters. The van der Waals surface area contributed by atoms with Crippen LogP contribution in [0.4, 0.5) is 19.0 Å². The molecule has 0 aliphatic carbocycles. The van der Waals surface area contributed by atoms with E-state index in [0.717, 1.165) is 37.9 Å². The Morgan fingerprint density at radius 3 is 2.70 bits per heavy atom. The number of amides is 1. The van der Waals surface area contributed by atoms with Gasteiger partial charge in [-0.1, -0.05) is 0 Å². The van der Waals surface area contributed by atoms with Gasteiger partial charge in [-0.3, -0.25) is 4.79 Å². The van der Waals surface area contributed by atoms with Crippen molar-refractivity contribution < 1.29 is 18.0 Å². The van der Waals surface area contributed by atoms with E-state index in [1.807, 2.05) is 4.90 Å². The van der Waals surface area contributed by atoms with Crippen LogP contribution in [0.5, 0.6) is 0 Å². The maximum absolute atomic E-state index is 12.4. The number of rotatable bonds is 3. The number of carbonyl (C=O) groups excluding carboxylic acids is 1. The fourth-order valence-electron chi connectivity index (χ4n) is 3.19. The second-order valence-corrected chi connectivity index (χ2v) is 5.27. The third-order valence-electron chi connectivity index (χ3n) is 4.14. The first-order valence-corrected chi connectivity index (χ1v) is 6.51. The molecule has 3 unspecified atom stereocenters. The van der Waals surface area contributed by atoms with Crippen LogP contribution in [-0.2, 0) is 11.0 Å². The van der Waals surface area contributed by atoms with Gasteiger partial charge in [0.25, 0.3) is 0 Å². The highest BCUT2D eigenvalue weighted by Gasteiger charge is 2.45. The molecular weight excluding hydrogens is 271 g/mol. The molecule has 7 heteroatoms. The summed E-state index contributed by atoms with van der Waals surface area (Å²) in [6.45, 7) is 0. The number of hydrogen-bond donors (Lipinski definition) is 1. The van der Waals surface area contributed by atoms with Crippen molar-refractivity contribution in [3.05, 3.63) is 23.9 Å². The average Bonchev–Trinajstić information content (AvgIpc) is 2.94. The van der Waals surface area contributed by atoms with E-state index in [4.69, 9.17) is 0 Å². The number of carbonyl (C=O) groups is 1. The number of halogens is 3. The average molecular weight is 285 g/mol. The molecule has 2 fully saturated rings. The number of pyridine rings is 1. The van der Waals surface area contributed by atoms with E-state index in [1.165, 1.54) is 6.07 Å². The van der Waals surface area contributed by atoms with Crippen molar-refractivity contribution in [1.82, 2.24) is 9.88 Å². The van der Waals surface area contributed by atoms with Crippen LogP contribution < -0.4 is 5.32 Å². The van der Waals surface area contributed by atoms with Crippen molar-refractivity contribution in [2.45, 2.75) is 43.6 Å². The van der Waals surface area contributed by atoms with Crippen LogP contribution in [0, 0.1) is 0 Å². The molecule has 1 aromatic rings. The van der Waals surface area contributed by atoms with Gasteiger partial charge in [-0.15, -0.1) is 0 Å². The summed E-state index contributed by atoms with van der Waals surface area (Å²) < 4.78 is 37.3. The Morgan fingerprint density at radius 2 is 2.15 bits per heavy atom. The Hall–Kier alpha value is -1.79. The zero-order chi connectivity index (χ0) is 14.3. The molecule has 2 aliphatic heterocycles. The van der Waals surface area contributed by atoms with E-state index in [9.17, 15) is 18.0 Å². The lowest BCUT2D eigenvalue weighted by Gasteiger charge is -2.23. The van der Waals surface area contributed by atoms with Crippen LogP contribution in [0.15, 0.2) is 18.3 Å². The van der Waals surface area contributed by atoms with E-state index < -0.39 is 11.7 Å². The summed E-state index contributed by atoms with van der Waals surface area (Å²) in [6, 6.07) is 2.80. The van der Waals surface area contributed by atoms with Gasteiger partial charge in [0.15, 0.2) is 0 Å². The summed E-state index contributed by atoms with van der Waals surface area (Å²) >= 11 is 0. The maximum Gasteiger partial charge on any atom is 0.417 e. The lowest BCUT2D eigenvalue weighted by atomic mass is 9.95. The van der Waals surface area contributed by atoms with Crippen molar-refractivity contribution in [1.29, 1.82) is 0 Å². The van der Waals surface area contributed by atoms with Crippen LogP contribution in [0.1, 0.15) is 24.8 Å². The Bertz CT molecular complexity index is 503. The molecular formula is C13H14F3N3O. The molecule has 3 heterocycles. The molecule has 4 nitrogen and oxygen atoms in total. The Balaban J connectivity index is 1.69. The predicted octanol–water partition coefficient (Wildman–Crippen LogP) is 2.27. The molecule has 2 saturated heterocycles. The van der Waals surface area contributed by atoms with Crippen molar-refractivity contribution in [2.24, 2.45) is 0 Å². The zero-order valence-electron chi connectivity index (χ0n) is 10.6. The topological polar surface area (TPSA) is 45.2 Å². The summed E-state index contributed by atoms with van der Waals surface area (Å²) in [6.07, 6.45) is 0.0827. The SMILES string of the molecule is O=CN1C2CCC1C(Nc1ccc(C(F)(F)F)cn1)C2. The summed E-state index contributed by atoms with van der Waals surface area (Å²) in [4.78, 5) is 16.6. The Labute approximate surface area is 114 Å². The van der Waals surface area contributed by atoms with E-state index >= 15 is 0 Å². The molecule has 0 spiro atoms. The highest BCUT2D eigenvalue weighted by Crippen LogP contribution is 2.38. The van der Waals surface area contributed by atoms with Crippen LogP contribution in [0.3, 0.4) is 0 Å². The van der Waals surface area contributed by atoms with Gasteiger partial charge in [0, 0.05) is 18.3 Å². The number of alkyl halides is 3. The smallest absolute Gasteiger partial charge is 0.365 e. The molecule has 1 aromatic heterocycles. The van der Waals surface area contributed by atoms with E-state index in [0.29, 0.717) is 5.82 Å². The monoisotopic (exact) mass is 285 g/mol. The summed E-state index contributed by atoms with van der Waals surface area (Å²) in [5.74, 6) is 0.418. The van der Waals surface area contributed by atoms with Gasteiger partial charge in [-0.2, -0.15) is 13.2 Å². The van der Waals surface area contributed by atoms with Crippen LogP contribution in [0.2, 0.25) is 0 Å². The first kappa shape index (κ1) is 13.2. The van der Waals surface area contributed by atoms with E-state index in [1.54, 1.807) is 0 Å². The van der Waals surface area contributed by atoms with Gasteiger partial charge in [0.2, 0.25) is 6.41 Å². The van der Waals surface area contributed by atoms with Gasteiger partial charge in [0.05, 0.1) is 11.6 Å². The largest absolute Gasteiger partial charge is 0.417 e.